The van der Waals surface area contributed by atoms with Crippen molar-refractivity contribution in [1.82, 2.24) is 10.2 Å². The second-order valence-corrected chi connectivity index (χ2v) is 12.4. The van der Waals surface area contributed by atoms with Crippen LogP contribution in [0.5, 0.6) is 0 Å². The van der Waals surface area contributed by atoms with Crippen molar-refractivity contribution in [2.45, 2.75) is 64.6 Å². The van der Waals surface area contributed by atoms with Crippen LogP contribution in [-0.2, 0) is 26.2 Å². The minimum absolute atomic E-state index is 0.0817. The number of carbonyl (C=O) groups excluding carboxylic acids is 2. The van der Waals surface area contributed by atoms with E-state index in [1.165, 1.54) is 17.0 Å². The highest BCUT2D eigenvalue weighted by Gasteiger charge is 2.33. The number of amides is 2. The van der Waals surface area contributed by atoms with Crippen molar-refractivity contribution in [2.75, 3.05) is 10.8 Å². The number of hydrogen-bond donors (Lipinski definition) is 1. The van der Waals surface area contributed by atoms with Crippen molar-refractivity contribution < 1.29 is 18.0 Å². The Morgan fingerprint density at radius 3 is 2.13 bits per heavy atom. The average molecular weight is 536 g/mol. The number of nitrogens with zero attached hydrogens (tertiary/aromatic N) is 2. The third kappa shape index (κ3) is 7.22. The molecule has 2 amide bonds. The van der Waals surface area contributed by atoms with Gasteiger partial charge in [0, 0.05) is 12.1 Å². The van der Waals surface area contributed by atoms with Crippen molar-refractivity contribution in [3.63, 3.8) is 0 Å². The van der Waals surface area contributed by atoms with Gasteiger partial charge in [-0.15, -0.1) is 0 Å². The number of rotatable bonds is 9. The first-order valence-electron chi connectivity index (χ1n) is 12.6. The number of anilines is 1. The van der Waals surface area contributed by atoms with Gasteiger partial charge in [0.1, 0.15) is 12.6 Å². The SMILES string of the molecule is Cc1cccc(N(CC(=O)N(Cc2ccccc2C)C(C)C(=O)NC(C)(C)C)S(=O)(=O)c2ccccc2)c1. The summed E-state index contributed by atoms with van der Waals surface area (Å²) >= 11 is 0. The minimum Gasteiger partial charge on any atom is -0.350 e. The van der Waals surface area contributed by atoms with E-state index in [0.29, 0.717) is 5.69 Å². The molecule has 0 aromatic heterocycles. The molecule has 0 bridgehead atoms. The van der Waals surface area contributed by atoms with Gasteiger partial charge in [-0.05, 0) is 82.5 Å². The van der Waals surface area contributed by atoms with E-state index in [1.54, 1.807) is 43.3 Å². The number of nitrogens with one attached hydrogen (secondary N) is 1. The van der Waals surface area contributed by atoms with E-state index in [-0.39, 0.29) is 17.3 Å². The number of sulfonamides is 1. The van der Waals surface area contributed by atoms with Crippen molar-refractivity contribution in [3.05, 3.63) is 95.6 Å². The van der Waals surface area contributed by atoms with Gasteiger partial charge in [-0.25, -0.2) is 8.42 Å². The fourth-order valence-corrected chi connectivity index (χ4v) is 5.49. The monoisotopic (exact) mass is 535 g/mol. The molecule has 0 aliphatic carbocycles. The summed E-state index contributed by atoms with van der Waals surface area (Å²) in [6.07, 6.45) is 0. The number of benzene rings is 3. The summed E-state index contributed by atoms with van der Waals surface area (Å²) in [5.74, 6) is -0.793. The van der Waals surface area contributed by atoms with Gasteiger partial charge in [-0.3, -0.25) is 13.9 Å². The first-order valence-corrected chi connectivity index (χ1v) is 14.0. The molecule has 3 rings (SSSR count). The lowest BCUT2D eigenvalue weighted by Crippen LogP contribution is -2.54. The van der Waals surface area contributed by atoms with Crippen LogP contribution >= 0.6 is 0 Å². The molecule has 0 heterocycles. The molecule has 7 nitrogen and oxygen atoms in total. The van der Waals surface area contributed by atoms with Crippen LogP contribution in [0.3, 0.4) is 0 Å². The van der Waals surface area contributed by atoms with Gasteiger partial charge in [0.25, 0.3) is 10.0 Å². The highest BCUT2D eigenvalue weighted by atomic mass is 32.2. The average Bonchev–Trinajstić information content (AvgIpc) is 2.85. The molecule has 0 aliphatic heterocycles. The van der Waals surface area contributed by atoms with Crippen LogP contribution in [0.2, 0.25) is 0 Å². The van der Waals surface area contributed by atoms with Crippen molar-refractivity contribution >= 4 is 27.5 Å². The Labute approximate surface area is 226 Å². The van der Waals surface area contributed by atoms with Crippen molar-refractivity contribution in [3.8, 4) is 0 Å². The Bertz CT molecular complexity index is 1380. The van der Waals surface area contributed by atoms with Gasteiger partial charge in [0.15, 0.2) is 0 Å². The molecule has 1 unspecified atom stereocenters. The second-order valence-electron chi connectivity index (χ2n) is 10.5. The molecule has 0 aliphatic rings. The minimum atomic E-state index is -4.07. The van der Waals surface area contributed by atoms with Crippen molar-refractivity contribution in [2.24, 2.45) is 0 Å². The number of aryl methyl sites for hydroxylation is 2. The van der Waals surface area contributed by atoms with E-state index in [2.05, 4.69) is 5.32 Å². The molecule has 0 spiro atoms. The normalized spacial score (nSPS) is 12.5. The van der Waals surface area contributed by atoms with Crippen LogP contribution in [0.15, 0.2) is 83.8 Å². The third-order valence-electron chi connectivity index (χ3n) is 6.17. The lowest BCUT2D eigenvalue weighted by molar-refractivity contribution is -0.140. The highest BCUT2D eigenvalue weighted by molar-refractivity contribution is 7.92. The molecule has 38 heavy (non-hydrogen) atoms. The maximum Gasteiger partial charge on any atom is 0.264 e. The zero-order valence-electron chi connectivity index (χ0n) is 22.9. The fourth-order valence-electron chi connectivity index (χ4n) is 4.06. The Kier molecular flexibility index (Phi) is 8.99. The van der Waals surface area contributed by atoms with Crippen LogP contribution in [0.4, 0.5) is 5.69 Å². The lowest BCUT2D eigenvalue weighted by Gasteiger charge is -2.33. The first-order chi connectivity index (χ1) is 17.8. The molecular formula is C30H37N3O4S. The molecule has 202 valence electrons. The first kappa shape index (κ1) is 28.9. The predicted molar refractivity (Wildman–Crippen MR) is 151 cm³/mol. The molecule has 3 aromatic rings. The van der Waals surface area contributed by atoms with E-state index in [0.717, 1.165) is 21.0 Å². The van der Waals surface area contributed by atoms with Gasteiger partial charge in [0.2, 0.25) is 11.8 Å². The summed E-state index contributed by atoms with van der Waals surface area (Å²) in [5.41, 5.74) is 2.60. The Morgan fingerprint density at radius 2 is 1.53 bits per heavy atom. The molecule has 0 saturated heterocycles. The molecule has 8 heteroatoms. The molecular weight excluding hydrogens is 498 g/mol. The van der Waals surface area contributed by atoms with Crippen LogP contribution in [0, 0.1) is 13.8 Å². The van der Waals surface area contributed by atoms with E-state index in [1.807, 2.05) is 65.0 Å². The predicted octanol–water partition coefficient (Wildman–Crippen LogP) is 4.83. The Balaban J connectivity index is 2.04. The van der Waals surface area contributed by atoms with Gasteiger partial charge in [0.05, 0.1) is 10.6 Å². The molecule has 1 N–H and O–H groups in total. The maximum atomic E-state index is 14.0. The molecule has 1 atom stereocenters. The Hall–Kier alpha value is -3.65. The van der Waals surface area contributed by atoms with Crippen LogP contribution in [-0.4, -0.2) is 43.3 Å². The standard InChI is InChI=1S/C30H37N3O4S/c1-22-13-12-16-26(19-22)33(38(36,37)27-17-8-7-9-18-27)21-28(34)32(20-25-15-11-10-14-23(25)2)24(3)29(35)31-30(4,5)6/h7-19,24H,20-21H2,1-6H3,(H,31,35). The summed E-state index contributed by atoms with van der Waals surface area (Å²) in [6, 6.07) is 21.9. The summed E-state index contributed by atoms with van der Waals surface area (Å²) in [5, 5.41) is 2.94. The van der Waals surface area contributed by atoms with Crippen LogP contribution in [0.1, 0.15) is 44.4 Å². The van der Waals surface area contributed by atoms with E-state index in [9.17, 15) is 18.0 Å². The quantitative estimate of drug-likeness (QED) is 0.425. The third-order valence-corrected chi connectivity index (χ3v) is 7.96. The van der Waals surface area contributed by atoms with Crippen LogP contribution in [0.25, 0.3) is 0 Å². The Morgan fingerprint density at radius 1 is 0.895 bits per heavy atom. The molecule has 0 fully saturated rings. The largest absolute Gasteiger partial charge is 0.350 e. The fraction of sp³-hybridized carbons (Fsp3) is 0.333. The van der Waals surface area contributed by atoms with E-state index >= 15 is 0 Å². The number of hydrogen-bond acceptors (Lipinski definition) is 4. The topological polar surface area (TPSA) is 86.8 Å². The van der Waals surface area contributed by atoms with Gasteiger partial charge in [-0.2, -0.15) is 0 Å². The lowest BCUT2D eigenvalue weighted by atomic mass is 10.1. The maximum absolute atomic E-state index is 14.0. The number of carbonyl (C=O) groups is 2. The molecule has 0 saturated carbocycles. The van der Waals surface area contributed by atoms with E-state index in [4.69, 9.17) is 0 Å². The van der Waals surface area contributed by atoms with Crippen LogP contribution < -0.4 is 9.62 Å². The smallest absolute Gasteiger partial charge is 0.264 e. The zero-order chi connectivity index (χ0) is 28.1. The summed E-state index contributed by atoms with van der Waals surface area (Å²) < 4.78 is 28.7. The van der Waals surface area contributed by atoms with E-state index < -0.39 is 34.1 Å². The second kappa shape index (κ2) is 11.8. The summed E-state index contributed by atoms with van der Waals surface area (Å²) in [4.78, 5) is 28.7. The zero-order valence-corrected chi connectivity index (χ0v) is 23.7. The van der Waals surface area contributed by atoms with Crippen molar-refractivity contribution in [1.29, 1.82) is 0 Å². The van der Waals surface area contributed by atoms with Gasteiger partial charge >= 0.3 is 0 Å². The molecule has 0 radical (unpaired) electrons. The van der Waals surface area contributed by atoms with Gasteiger partial charge in [-0.1, -0.05) is 54.6 Å². The molecule has 3 aromatic carbocycles. The summed E-state index contributed by atoms with van der Waals surface area (Å²) in [7, 11) is -4.07. The highest BCUT2D eigenvalue weighted by Crippen LogP contribution is 2.25. The van der Waals surface area contributed by atoms with Gasteiger partial charge < -0.3 is 10.2 Å². The summed E-state index contributed by atoms with van der Waals surface area (Å²) in [6.45, 7) is 10.8.